The first kappa shape index (κ1) is 18.2. The highest BCUT2D eigenvalue weighted by atomic mass is 35.5. The van der Waals surface area contributed by atoms with Crippen LogP contribution in [0.1, 0.15) is 5.56 Å². The van der Waals surface area contributed by atoms with Gasteiger partial charge in [0.15, 0.2) is 0 Å². The van der Waals surface area contributed by atoms with Crippen molar-refractivity contribution in [1.82, 2.24) is 5.43 Å². The van der Waals surface area contributed by atoms with Gasteiger partial charge in [0.2, 0.25) is 5.91 Å². The van der Waals surface area contributed by atoms with Crippen LogP contribution in [-0.4, -0.2) is 32.1 Å². The minimum atomic E-state index is -0.201. The Bertz CT molecular complexity index is 720. The zero-order valence-corrected chi connectivity index (χ0v) is 14.9. The summed E-state index contributed by atoms with van der Waals surface area (Å²) in [5, 5.41) is 4.62. The number of nitrogens with zero attached hydrogens (tertiary/aromatic N) is 1. The van der Waals surface area contributed by atoms with Gasteiger partial charge in [-0.25, -0.2) is 5.43 Å². The van der Waals surface area contributed by atoms with Crippen LogP contribution in [0.25, 0.3) is 0 Å². The van der Waals surface area contributed by atoms with Crippen molar-refractivity contribution in [2.45, 2.75) is 4.90 Å². The number of nitrogens with one attached hydrogen (secondary N) is 1. The fraction of sp³-hybridized carbons (Fsp3) is 0.176. The smallest absolute Gasteiger partial charge is 0.250 e. The molecule has 0 atom stereocenters. The molecule has 0 aromatic heterocycles. The van der Waals surface area contributed by atoms with E-state index in [1.807, 2.05) is 12.1 Å². The highest BCUT2D eigenvalue weighted by Gasteiger charge is 2.04. The molecule has 0 spiro atoms. The first-order valence-corrected chi connectivity index (χ1v) is 8.41. The number of halogens is 1. The lowest BCUT2D eigenvalue weighted by molar-refractivity contribution is -0.118. The molecule has 24 heavy (non-hydrogen) atoms. The van der Waals surface area contributed by atoms with E-state index in [1.165, 1.54) is 18.0 Å². The van der Waals surface area contributed by atoms with Crippen molar-refractivity contribution in [2.75, 3.05) is 20.0 Å². The third-order valence-corrected chi connectivity index (χ3v) is 4.28. The molecule has 5 nitrogen and oxygen atoms in total. The van der Waals surface area contributed by atoms with Gasteiger partial charge in [0.1, 0.15) is 11.5 Å². The number of methoxy groups -OCH3 is 2. The molecule has 0 unspecified atom stereocenters. The van der Waals surface area contributed by atoms with Crippen molar-refractivity contribution in [1.29, 1.82) is 0 Å². The van der Waals surface area contributed by atoms with E-state index in [0.29, 0.717) is 22.1 Å². The summed E-state index contributed by atoms with van der Waals surface area (Å²) >= 11 is 7.23. The molecule has 0 aliphatic rings. The Kier molecular flexibility index (Phi) is 6.96. The number of hydrogen-bond acceptors (Lipinski definition) is 5. The van der Waals surface area contributed by atoms with Crippen LogP contribution < -0.4 is 14.9 Å². The van der Waals surface area contributed by atoms with Gasteiger partial charge in [0, 0.05) is 15.5 Å². The molecule has 0 saturated carbocycles. The Morgan fingerprint density at radius 3 is 2.62 bits per heavy atom. The Morgan fingerprint density at radius 1 is 1.21 bits per heavy atom. The minimum Gasteiger partial charge on any atom is -0.497 e. The van der Waals surface area contributed by atoms with Crippen LogP contribution in [0.5, 0.6) is 11.5 Å². The second-order valence-electron chi connectivity index (χ2n) is 4.64. The Hall–Kier alpha value is -2.18. The fourth-order valence-electron chi connectivity index (χ4n) is 1.83. The summed E-state index contributed by atoms with van der Waals surface area (Å²) in [4.78, 5) is 12.8. The van der Waals surface area contributed by atoms with E-state index >= 15 is 0 Å². The number of carbonyl (C=O) groups is 1. The van der Waals surface area contributed by atoms with Crippen molar-refractivity contribution in [2.24, 2.45) is 5.10 Å². The molecule has 1 N–H and O–H groups in total. The maximum atomic E-state index is 11.8. The van der Waals surface area contributed by atoms with Gasteiger partial charge in [-0.3, -0.25) is 4.79 Å². The maximum absolute atomic E-state index is 11.8. The van der Waals surface area contributed by atoms with Crippen LogP contribution in [-0.2, 0) is 4.79 Å². The molecule has 0 aliphatic carbocycles. The highest BCUT2D eigenvalue weighted by Crippen LogP contribution is 2.22. The molecule has 1 amide bonds. The quantitative estimate of drug-likeness (QED) is 0.463. The molecule has 2 rings (SSSR count). The van der Waals surface area contributed by atoms with Gasteiger partial charge in [-0.1, -0.05) is 11.6 Å². The number of carbonyl (C=O) groups excluding carboxylic acids is 1. The van der Waals surface area contributed by atoms with E-state index in [1.54, 1.807) is 44.6 Å². The first-order valence-electron chi connectivity index (χ1n) is 7.04. The van der Waals surface area contributed by atoms with Gasteiger partial charge in [0.25, 0.3) is 0 Å². The van der Waals surface area contributed by atoms with Crippen LogP contribution in [0.3, 0.4) is 0 Å². The van der Waals surface area contributed by atoms with Crippen LogP contribution >= 0.6 is 23.4 Å². The molecule has 126 valence electrons. The van der Waals surface area contributed by atoms with Gasteiger partial charge in [-0.15, -0.1) is 11.8 Å². The molecular weight excluding hydrogens is 348 g/mol. The zero-order valence-electron chi connectivity index (χ0n) is 13.3. The third-order valence-electron chi connectivity index (χ3n) is 3.01. The number of amides is 1. The Labute approximate surface area is 150 Å². The number of rotatable bonds is 7. The second kappa shape index (κ2) is 9.20. The lowest BCUT2D eigenvalue weighted by Crippen LogP contribution is -2.19. The maximum Gasteiger partial charge on any atom is 0.250 e. The number of thioether (sulfide) groups is 1. The summed E-state index contributed by atoms with van der Waals surface area (Å²) in [6.45, 7) is 0. The molecular formula is C17H17ClN2O3S. The van der Waals surface area contributed by atoms with Crippen LogP contribution in [0.2, 0.25) is 5.02 Å². The lowest BCUT2D eigenvalue weighted by Gasteiger charge is -2.06. The van der Waals surface area contributed by atoms with Crippen molar-refractivity contribution >= 4 is 35.5 Å². The standard InChI is InChI=1S/C17H17ClN2O3S/c1-22-14-5-8-16(23-2)12(9-14)10-19-20-17(21)11-24-15-6-3-13(18)4-7-15/h3-10H,11H2,1-2H3,(H,20,21)/b19-10+. The van der Waals surface area contributed by atoms with E-state index < -0.39 is 0 Å². The predicted octanol–water partition coefficient (Wildman–Crippen LogP) is 3.60. The lowest BCUT2D eigenvalue weighted by atomic mass is 10.2. The Morgan fingerprint density at radius 2 is 1.96 bits per heavy atom. The van der Waals surface area contributed by atoms with Crippen molar-refractivity contribution < 1.29 is 14.3 Å². The van der Waals surface area contributed by atoms with E-state index in [4.69, 9.17) is 21.1 Å². The molecule has 0 fully saturated rings. The zero-order chi connectivity index (χ0) is 17.4. The van der Waals surface area contributed by atoms with Gasteiger partial charge >= 0.3 is 0 Å². The van der Waals surface area contributed by atoms with Gasteiger partial charge < -0.3 is 9.47 Å². The second-order valence-corrected chi connectivity index (χ2v) is 6.13. The average Bonchev–Trinajstić information content (AvgIpc) is 2.61. The summed E-state index contributed by atoms with van der Waals surface area (Å²) in [5.74, 6) is 1.38. The average molecular weight is 365 g/mol. The summed E-state index contributed by atoms with van der Waals surface area (Å²) in [6.07, 6.45) is 1.52. The molecule has 7 heteroatoms. The summed E-state index contributed by atoms with van der Waals surface area (Å²) < 4.78 is 10.4. The molecule has 2 aromatic carbocycles. The largest absolute Gasteiger partial charge is 0.497 e. The van der Waals surface area contributed by atoms with E-state index in [0.717, 1.165) is 4.90 Å². The number of hydrazone groups is 1. The van der Waals surface area contributed by atoms with Crippen molar-refractivity contribution in [3.05, 3.63) is 53.1 Å². The SMILES string of the molecule is COc1ccc(OC)c(/C=N/NC(=O)CSc2ccc(Cl)cc2)c1. The normalized spacial score (nSPS) is 10.6. The number of ether oxygens (including phenoxy) is 2. The van der Waals surface area contributed by atoms with Crippen LogP contribution in [0, 0.1) is 0 Å². The molecule has 2 aromatic rings. The predicted molar refractivity (Wildman–Crippen MR) is 97.5 cm³/mol. The molecule has 0 heterocycles. The topological polar surface area (TPSA) is 59.9 Å². The van der Waals surface area contributed by atoms with Gasteiger partial charge in [-0.2, -0.15) is 5.10 Å². The van der Waals surface area contributed by atoms with Crippen molar-refractivity contribution in [3.8, 4) is 11.5 Å². The first-order chi connectivity index (χ1) is 11.6. The number of benzene rings is 2. The molecule has 0 saturated heterocycles. The van der Waals surface area contributed by atoms with E-state index in [2.05, 4.69) is 10.5 Å². The molecule has 0 aliphatic heterocycles. The van der Waals surface area contributed by atoms with Gasteiger partial charge in [-0.05, 0) is 42.5 Å². The Balaban J connectivity index is 1.89. The highest BCUT2D eigenvalue weighted by molar-refractivity contribution is 8.00. The molecule has 0 radical (unpaired) electrons. The van der Waals surface area contributed by atoms with Gasteiger partial charge in [0.05, 0.1) is 26.2 Å². The summed E-state index contributed by atoms with van der Waals surface area (Å²) in [6, 6.07) is 12.6. The fourth-order valence-corrected chi connectivity index (χ4v) is 2.64. The third kappa shape index (κ3) is 5.47. The van der Waals surface area contributed by atoms with E-state index in [9.17, 15) is 4.79 Å². The summed E-state index contributed by atoms with van der Waals surface area (Å²) in [7, 11) is 3.15. The summed E-state index contributed by atoms with van der Waals surface area (Å²) in [5.41, 5.74) is 3.20. The van der Waals surface area contributed by atoms with Crippen LogP contribution in [0.15, 0.2) is 52.5 Å². The van der Waals surface area contributed by atoms with Crippen LogP contribution in [0.4, 0.5) is 0 Å². The molecule has 0 bridgehead atoms. The minimum absolute atomic E-state index is 0.201. The van der Waals surface area contributed by atoms with E-state index in [-0.39, 0.29) is 11.7 Å². The van der Waals surface area contributed by atoms with Crippen molar-refractivity contribution in [3.63, 3.8) is 0 Å². The number of hydrogen-bond donors (Lipinski definition) is 1. The monoisotopic (exact) mass is 364 g/mol.